The molecule has 2 aliphatic heterocycles. The lowest BCUT2D eigenvalue weighted by Crippen LogP contribution is -2.55. The van der Waals surface area contributed by atoms with Gasteiger partial charge >= 0.3 is 6.18 Å². The molecule has 2 aromatic heterocycles. The molecule has 0 saturated carbocycles. The number of hydrogen-bond acceptors (Lipinski definition) is 16. The zero-order valence-electron chi connectivity index (χ0n) is 38.8. The summed E-state index contributed by atoms with van der Waals surface area (Å²) < 4.78 is 115. The number of sulfonamides is 2. The highest BCUT2D eigenvalue weighted by atomic mass is 32.2. The normalized spacial score (nSPS) is 17.0. The van der Waals surface area contributed by atoms with Crippen LogP contribution in [0, 0.1) is 13.8 Å². The number of hydrazine groups is 1. The monoisotopic (exact) mass is 1050 g/mol. The van der Waals surface area contributed by atoms with E-state index in [2.05, 4.69) is 19.8 Å². The summed E-state index contributed by atoms with van der Waals surface area (Å²) in [5, 5.41) is 23.5. The lowest BCUT2D eigenvalue weighted by atomic mass is 10.2. The largest absolute Gasteiger partial charge is 0.491 e. The third-order valence-electron chi connectivity index (χ3n) is 12.1. The average molecular weight is 1050 g/mol. The third-order valence-corrected chi connectivity index (χ3v) is 17.3. The summed E-state index contributed by atoms with van der Waals surface area (Å²) in [6.07, 6.45) is -6.30. The number of halogens is 3. The summed E-state index contributed by atoms with van der Waals surface area (Å²) in [5.74, 6) is 0.160. The van der Waals surface area contributed by atoms with Crippen LogP contribution in [0.25, 0.3) is 20.4 Å². The Bertz CT molecular complexity index is 2900. The Morgan fingerprint density at radius 2 is 1.00 bits per heavy atom. The molecule has 0 spiro atoms. The molecule has 70 heavy (non-hydrogen) atoms. The summed E-state index contributed by atoms with van der Waals surface area (Å²) >= 11 is 3.18. The standard InChI is InChI=1S/C47H57F3N8O8S4/c1-34-51-43-28-41(12-14-45(43)67-34)65-32-39(59)30-55-20-16-53(17-21-55)24-26-69(61,62)57(37-6-4-3-5-7-37)58(38-10-8-36(9-11-38)47(48,49)50)70(63,64)27-25-54-18-22-56(23-19-54)31-40(60)33-66-42-13-15-46-44(29-42)52-35(2)68-46/h3-15,28-29,39-40,59-60H,16-27,30-33H2,1-2H3. The van der Waals surface area contributed by atoms with E-state index in [1.54, 1.807) is 40.9 Å². The van der Waals surface area contributed by atoms with Gasteiger partial charge in [0.2, 0.25) is 0 Å². The van der Waals surface area contributed by atoms with E-state index >= 15 is 0 Å². The number of aliphatic hydroxyl groups excluding tert-OH is 2. The zero-order valence-corrected chi connectivity index (χ0v) is 42.1. The van der Waals surface area contributed by atoms with Crippen LogP contribution in [-0.2, 0) is 26.2 Å². The van der Waals surface area contributed by atoms with E-state index in [0.29, 0.717) is 85.8 Å². The van der Waals surface area contributed by atoms with Crippen LogP contribution in [-0.4, -0.2) is 172 Å². The van der Waals surface area contributed by atoms with Crippen LogP contribution in [0.2, 0.25) is 0 Å². The Hall–Kier alpha value is -4.69. The molecule has 0 bridgehead atoms. The molecule has 0 amide bonds. The Kier molecular flexibility index (Phi) is 16.5. The first-order valence-electron chi connectivity index (χ1n) is 22.9. The lowest BCUT2D eigenvalue weighted by molar-refractivity contribution is -0.137. The van der Waals surface area contributed by atoms with Crippen molar-refractivity contribution in [2.45, 2.75) is 32.2 Å². The van der Waals surface area contributed by atoms with Gasteiger partial charge in [-0.1, -0.05) is 18.2 Å². The molecule has 4 aromatic carbocycles. The molecule has 0 aliphatic carbocycles. The molecule has 2 N–H and O–H groups in total. The van der Waals surface area contributed by atoms with Crippen LogP contribution >= 0.6 is 22.7 Å². The number of para-hydroxylation sites is 1. The molecule has 4 heterocycles. The number of nitrogens with zero attached hydrogens (tertiary/aromatic N) is 8. The van der Waals surface area contributed by atoms with E-state index in [1.165, 1.54) is 12.1 Å². The molecule has 6 aromatic rings. The summed E-state index contributed by atoms with van der Waals surface area (Å²) in [5.41, 5.74) is 0.358. The second-order valence-electron chi connectivity index (χ2n) is 17.4. The van der Waals surface area contributed by atoms with Gasteiger partial charge in [0.25, 0.3) is 20.0 Å². The van der Waals surface area contributed by atoms with E-state index in [-0.39, 0.29) is 37.7 Å². The number of aliphatic hydroxyl groups is 2. The van der Waals surface area contributed by atoms with Gasteiger partial charge in [0, 0.05) is 90.7 Å². The van der Waals surface area contributed by atoms with Gasteiger partial charge in [-0.2, -0.15) is 22.0 Å². The summed E-state index contributed by atoms with van der Waals surface area (Å²) in [4.78, 5) is 17.0. The van der Waals surface area contributed by atoms with Crippen molar-refractivity contribution in [3.8, 4) is 11.5 Å². The van der Waals surface area contributed by atoms with E-state index in [9.17, 15) is 40.2 Å². The highest BCUT2D eigenvalue weighted by Crippen LogP contribution is 2.34. The molecule has 0 radical (unpaired) electrons. The van der Waals surface area contributed by atoms with Gasteiger partial charge < -0.3 is 19.7 Å². The second kappa shape index (κ2) is 22.4. The van der Waals surface area contributed by atoms with Gasteiger partial charge in [-0.3, -0.25) is 19.6 Å². The minimum absolute atomic E-state index is 0.00732. The first-order valence-corrected chi connectivity index (χ1v) is 27.8. The van der Waals surface area contributed by atoms with Crippen molar-refractivity contribution in [1.29, 1.82) is 0 Å². The number of β-amino-alcohol motifs (C(OH)–C–C–N with tert-alkyl or cyclic N) is 2. The van der Waals surface area contributed by atoms with Gasteiger partial charge in [0.1, 0.15) is 36.9 Å². The van der Waals surface area contributed by atoms with Gasteiger partial charge in [-0.25, -0.2) is 26.8 Å². The number of anilines is 2. The fraction of sp³-hybridized carbons (Fsp3) is 0.447. The average Bonchev–Trinajstić information content (AvgIpc) is 3.91. The maximum Gasteiger partial charge on any atom is 0.416 e. The highest BCUT2D eigenvalue weighted by molar-refractivity contribution is 7.97. The number of alkyl halides is 3. The quantitative estimate of drug-likeness (QED) is 0.0861. The number of hydrogen-bond donors (Lipinski definition) is 2. The van der Waals surface area contributed by atoms with Gasteiger partial charge in [-0.15, -0.1) is 22.7 Å². The second-order valence-corrected chi connectivity index (χ2v) is 23.7. The summed E-state index contributed by atoms with van der Waals surface area (Å²) in [7, 11) is -9.13. The number of aryl methyl sites for hydroxylation is 2. The number of fused-ring (bicyclic) bond motifs is 2. The Morgan fingerprint density at radius 1 is 0.600 bits per heavy atom. The number of piperazine rings is 2. The summed E-state index contributed by atoms with van der Waals surface area (Å²) in [6.45, 7) is 8.68. The van der Waals surface area contributed by atoms with Crippen molar-refractivity contribution < 1.29 is 49.7 Å². The van der Waals surface area contributed by atoms with Crippen molar-refractivity contribution in [2.75, 3.05) is 112 Å². The summed E-state index contributed by atoms with van der Waals surface area (Å²) in [6, 6.07) is 22.3. The number of rotatable bonds is 21. The van der Waals surface area contributed by atoms with E-state index in [1.807, 2.05) is 60.0 Å². The van der Waals surface area contributed by atoms with E-state index < -0.39 is 55.5 Å². The molecule has 378 valence electrons. The third kappa shape index (κ3) is 13.4. The van der Waals surface area contributed by atoms with Crippen molar-refractivity contribution in [1.82, 2.24) is 29.6 Å². The molecular formula is C47H57F3N8O8S4. The van der Waals surface area contributed by atoms with Crippen LogP contribution in [0.15, 0.2) is 91.0 Å². The van der Waals surface area contributed by atoms with Crippen LogP contribution in [0.4, 0.5) is 24.5 Å². The number of benzene rings is 4. The molecule has 8 rings (SSSR count). The predicted molar refractivity (Wildman–Crippen MR) is 268 cm³/mol. The maximum atomic E-state index is 14.7. The SMILES string of the molecule is Cc1nc2cc(OCC(O)CN3CCN(CCS(=O)(=O)N(c4ccccc4)N(c4ccc(C(F)(F)F)cc4)S(=O)(=O)CCN4CCN(CC(O)COc5ccc6sc(C)nc6c5)CC4)CC3)ccc2s1. The fourth-order valence-corrected chi connectivity index (χ4v) is 13.5. The number of thiazole rings is 2. The van der Waals surface area contributed by atoms with Gasteiger partial charge in [-0.05, 0) is 74.5 Å². The van der Waals surface area contributed by atoms with E-state index in [0.717, 1.165) is 54.7 Å². The van der Waals surface area contributed by atoms with Crippen molar-refractivity contribution in [3.05, 3.63) is 107 Å². The van der Waals surface area contributed by atoms with Crippen LogP contribution in [0.3, 0.4) is 0 Å². The first kappa shape index (κ1) is 51.7. The molecule has 23 heteroatoms. The van der Waals surface area contributed by atoms with Crippen LogP contribution in [0.5, 0.6) is 11.5 Å². The Balaban J connectivity index is 0.884. The lowest BCUT2D eigenvalue weighted by Gasteiger charge is -2.39. The van der Waals surface area contributed by atoms with E-state index in [4.69, 9.17) is 9.47 Å². The number of aromatic nitrogens is 2. The highest BCUT2D eigenvalue weighted by Gasteiger charge is 2.39. The number of ether oxygens (including phenoxy) is 2. The molecule has 2 aliphatic rings. The molecular weight excluding hydrogens is 990 g/mol. The minimum Gasteiger partial charge on any atom is -0.491 e. The van der Waals surface area contributed by atoms with Crippen LogP contribution in [0.1, 0.15) is 15.6 Å². The van der Waals surface area contributed by atoms with Crippen LogP contribution < -0.4 is 18.3 Å². The van der Waals surface area contributed by atoms with Gasteiger partial charge in [0.15, 0.2) is 0 Å². The predicted octanol–water partition coefficient (Wildman–Crippen LogP) is 5.54. The first-order chi connectivity index (χ1) is 33.4. The van der Waals surface area contributed by atoms with Gasteiger partial charge in [0.05, 0.1) is 58.9 Å². The Labute approximate surface area is 414 Å². The molecule has 16 nitrogen and oxygen atoms in total. The topological polar surface area (TPSA) is 172 Å². The maximum absolute atomic E-state index is 14.7. The minimum atomic E-state index is -4.72. The Morgan fingerprint density at radius 3 is 1.41 bits per heavy atom. The van der Waals surface area contributed by atoms with Crippen molar-refractivity contribution in [2.24, 2.45) is 0 Å². The molecule has 2 fully saturated rings. The van der Waals surface area contributed by atoms with Crippen molar-refractivity contribution >= 4 is 74.5 Å². The zero-order chi connectivity index (χ0) is 49.6. The molecule has 2 saturated heterocycles. The molecule has 2 atom stereocenters. The molecule has 2 unspecified atom stereocenters. The smallest absolute Gasteiger partial charge is 0.416 e. The fourth-order valence-electron chi connectivity index (χ4n) is 8.45. The van der Waals surface area contributed by atoms with Crippen molar-refractivity contribution in [3.63, 3.8) is 0 Å².